The van der Waals surface area contributed by atoms with Gasteiger partial charge in [0.05, 0.1) is 12.7 Å². The summed E-state index contributed by atoms with van der Waals surface area (Å²) < 4.78 is 5.22. The summed E-state index contributed by atoms with van der Waals surface area (Å²) in [6.07, 6.45) is 1.39. The summed E-state index contributed by atoms with van der Waals surface area (Å²) in [6.45, 7) is 4.90. The molecule has 1 fully saturated rings. The first kappa shape index (κ1) is 21.1. The zero-order valence-electron chi connectivity index (χ0n) is 17.4. The van der Waals surface area contributed by atoms with Gasteiger partial charge < -0.3 is 14.7 Å². The molecule has 1 saturated heterocycles. The lowest BCUT2D eigenvalue weighted by atomic mass is 9.84. The van der Waals surface area contributed by atoms with Crippen LogP contribution in [0.1, 0.15) is 52.7 Å². The summed E-state index contributed by atoms with van der Waals surface area (Å²) in [4.78, 5) is 26.8. The summed E-state index contributed by atoms with van der Waals surface area (Å²) in [7, 11) is 1.60. The van der Waals surface area contributed by atoms with Gasteiger partial charge in [0.15, 0.2) is 5.78 Å². The molecule has 1 amide bonds. The lowest BCUT2D eigenvalue weighted by Crippen LogP contribution is -2.45. The molecule has 0 spiro atoms. The fourth-order valence-electron chi connectivity index (χ4n) is 3.92. The minimum Gasteiger partial charge on any atom is -0.496 e. The van der Waals surface area contributed by atoms with Gasteiger partial charge in [-0.3, -0.25) is 9.59 Å². The number of ether oxygens (including phenoxy) is 1. The molecule has 0 bridgehead atoms. The van der Waals surface area contributed by atoms with Gasteiger partial charge in [-0.2, -0.15) is 0 Å². The van der Waals surface area contributed by atoms with Gasteiger partial charge >= 0.3 is 0 Å². The predicted octanol–water partition coefficient (Wildman–Crippen LogP) is 3.79. The minimum atomic E-state index is -0.890. The molecule has 5 heteroatoms. The summed E-state index contributed by atoms with van der Waals surface area (Å²) >= 11 is 0. The molecule has 1 N–H and O–H groups in total. The number of aliphatic hydroxyl groups is 1. The molecule has 0 aromatic heterocycles. The van der Waals surface area contributed by atoms with Gasteiger partial charge in [-0.05, 0) is 56.0 Å². The molecule has 0 aliphatic carbocycles. The third kappa shape index (κ3) is 4.85. The van der Waals surface area contributed by atoms with Crippen LogP contribution in [0.5, 0.6) is 5.75 Å². The van der Waals surface area contributed by atoms with Crippen LogP contribution in [0.15, 0.2) is 42.5 Å². The monoisotopic (exact) mass is 395 g/mol. The number of ketones is 1. The normalized spacial score (nSPS) is 15.8. The van der Waals surface area contributed by atoms with Crippen LogP contribution in [0.4, 0.5) is 0 Å². The number of carbonyl (C=O) groups is 2. The Kier molecular flexibility index (Phi) is 6.38. The second-order valence-corrected chi connectivity index (χ2v) is 7.89. The van der Waals surface area contributed by atoms with E-state index in [1.165, 1.54) is 0 Å². The first-order valence-corrected chi connectivity index (χ1v) is 10.1. The number of amides is 1. The maximum atomic E-state index is 12.6. The van der Waals surface area contributed by atoms with E-state index in [2.05, 4.69) is 0 Å². The molecule has 1 heterocycles. The maximum absolute atomic E-state index is 12.6. The van der Waals surface area contributed by atoms with Crippen LogP contribution in [-0.2, 0) is 10.4 Å². The topological polar surface area (TPSA) is 66.8 Å². The van der Waals surface area contributed by atoms with Crippen LogP contribution >= 0.6 is 0 Å². The number of aryl methyl sites for hydroxylation is 2. The number of methoxy groups -OCH3 is 1. The number of hydrogen-bond acceptors (Lipinski definition) is 4. The first-order chi connectivity index (χ1) is 13.8. The van der Waals surface area contributed by atoms with Crippen LogP contribution in [0.25, 0.3) is 0 Å². The Hall–Kier alpha value is -2.66. The molecule has 0 radical (unpaired) electrons. The van der Waals surface area contributed by atoms with Gasteiger partial charge in [0, 0.05) is 31.5 Å². The van der Waals surface area contributed by atoms with Crippen molar-refractivity contribution in [2.45, 2.75) is 45.1 Å². The Morgan fingerprint density at radius 1 is 1.07 bits per heavy atom. The van der Waals surface area contributed by atoms with Crippen molar-refractivity contribution in [1.29, 1.82) is 0 Å². The van der Waals surface area contributed by atoms with Gasteiger partial charge in [-0.15, -0.1) is 0 Å². The molecule has 3 rings (SSSR count). The Morgan fingerprint density at radius 2 is 1.79 bits per heavy atom. The Balaban J connectivity index is 1.53. The summed E-state index contributed by atoms with van der Waals surface area (Å²) in [5.41, 5.74) is 2.63. The van der Waals surface area contributed by atoms with E-state index in [0.717, 1.165) is 22.4 Å². The highest BCUT2D eigenvalue weighted by atomic mass is 16.5. The smallest absolute Gasteiger partial charge is 0.223 e. The highest BCUT2D eigenvalue weighted by molar-refractivity contribution is 5.98. The summed E-state index contributed by atoms with van der Waals surface area (Å²) in [6, 6.07) is 13.2. The van der Waals surface area contributed by atoms with Crippen LogP contribution in [-0.4, -0.2) is 41.9 Å². The lowest BCUT2D eigenvalue weighted by molar-refractivity contribution is -0.135. The zero-order valence-corrected chi connectivity index (χ0v) is 17.4. The Bertz CT molecular complexity index is 898. The molecule has 0 saturated carbocycles. The Labute approximate surface area is 172 Å². The molecule has 29 heavy (non-hydrogen) atoms. The number of hydrogen-bond donors (Lipinski definition) is 1. The van der Waals surface area contributed by atoms with Crippen molar-refractivity contribution in [3.8, 4) is 5.75 Å². The van der Waals surface area contributed by atoms with Crippen molar-refractivity contribution in [3.63, 3.8) is 0 Å². The fourth-order valence-corrected chi connectivity index (χ4v) is 3.92. The maximum Gasteiger partial charge on any atom is 0.223 e. The third-order valence-corrected chi connectivity index (χ3v) is 5.78. The molecular formula is C24H29NO4. The second kappa shape index (κ2) is 8.78. The molecule has 5 nitrogen and oxygen atoms in total. The largest absolute Gasteiger partial charge is 0.496 e. The lowest BCUT2D eigenvalue weighted by Gasteiger charge is -2.38. The second-order valence-electron chi connectivity index (χ2n) is 7.89. The van der Waals surface area contributed by atoms with E-state index >= 15 is 0 Å². The number of nitrogens with zero attached hydrogens (tertiary/aromatic N) is 1. The van der Waals surface area contributed by atoms with Gasteiger partial charge in [-0.1, -0.05) is 29.8 Å². The van der Waals surface area contributed by atoms with Crippen molar-refractivity contribution in [3.05, 3.63) is 64.7 Å². The van der Waals surface area contributed by atoms with Gasteiger partial charge in [-0.25, -0.2) is 0 Å². The summed E-state index contributed by atoms with van der Waals surface area (Å²) in [5, 5.41) is 11.0. The average molecular weight is 395 g/mol. The minimum absolute atomic E-state index is 0.0325. The van der Waals surface area contributed by atoms with Gasteiger partial charge in [0.25, 0.3) is 0 Å². The summed E-state index contributed by atoms with van der Waals surface area (Å²) in [5.74, 6) is 0.666. The standard InChI is InChI=1S/C24H29NO4/c1-17-5-4-6-20(15-17)24(28)11-13-25(14-12-24)23(27)10-8-21(26)19-7-9-22(29-3)18(2)16-19/h4-7,9,15-16,28H,8,10-14H2,1-3H3. The van der Waals surface area contributed by atoms with Crippen LogP contribution in [0.3, 0.4) is 0 Å². The number of benzene rings is 2. The molecule has 1 aliphatic rings. The number of Topliss-reactive ketones (excluding diaryl/α,β-unsaturated/α-hetero) is 1. The zero-order chi connectivity index (χ0) is 21.0. The van der Waals surface area contributed by atoms with Gasteiger partial charge in [0.2, 0.25) is 5.91 Å². The number of carbonyl (C=O) groups excluding carboxylic acids is 2. The Morgan fingerprint density at radius 3 is 2.41 bits per heavy atom. The van der Waals surface area contributed by atoms with E-state index in [9.17, 15) is 14.7 Å². The van der Waals surface area contributed by atoms with E-state index in [0.29, 0.717) is 31.5 Å². The van der Waals surface area contributed by atoms with E-state index in [-0.39, 0.29) is 24.5 Å². The molecule has 0 atom stereocenters. The van der Waals surface area contributed by atoms with E-state index in [1.807, 2.05) is 38.1 Å². The molecule has 2 aromatic carbocycles. The van der Waals surface area contributed by atoms with Crippen molar-refractivity contribution in [1.82, 2.24) is 4.90 Å². The molecule has 1 aliphatic heterocycles. The van der Waals surface area contributed by atoms with Gasteiger partial charge in [0.1, 0.15) is 5.75 Å². The average Bonchev–Trinajstić information content (AvgIpc) is 2.72. The quantitative estimate of drug-likeness (QED) is 0.756. The van der Waals surface area contributed by atoms with Crippen LogP contribution < -0.4 is 4.74 Å². The van der Waals surface area contributed by atoms with E-state index in [4.69, 9.17) is 4.74 Å². The van der Waals surface area contributed by atoms with E-state index in [1.54, 1.807) is 30.2 Å². The highest BCUT2D eigenvalue weighted by Gasteiger charge is 2.35. The van der Waals surface area contributed by atoms with Crippen molar-refractivity contribution < 1.29 is 19.4 Å². The fraction of sp³-hybridized carbons (Fsp3) is 0.417. The SMILES string of the molecule is COc1ccc(C(=O)CCC(=O)N2CCC(O)(c3cccc(C)c3)CC2)cc1C. The third-order valence-electron chi connectivity index (χ3n) is 5.78. The first-order valence-electron chi connectivity index (χ1n) is 10.1. The van der Waals surface area contributed by atoms with Crippen molar-refractivity contribution in [2.75, 3.05) is 20.2 Å². The highest BCUT2D eigenvalue weighted by Crippen LogP contribution is 2.33. The predicted molar refractivity (Wildman–Crippen MR) is 112 cm³/mol. The van der Waals surface area contributed by atoms with Crippen molar-refractivity contribution in [2.24, 2.45) is 0 Å². The molecule has 0 unspecified atom stereocenters. The molecule has 154 valence electrons. The van der Waals surface area contributed by atoms with Crippen LogP contribution in [0.2, 0.25) is 0 Å². The van der Waals surface area contributed by atoms with E-state index < -0.39 is 5.60 Å². The van der Waals surface area contributed by atoms with Crippen molar-refractivity contribution >= 4 is 11.7 Å². The number of piperidine rings is 1. The molecular weight excluding hydrogens is 366 g/mol. The number of likely N-dealkylation sites (tertiary alicyclic amines) is 1. The van der Waals surface area contributed by atoms with Crippen LogP contribution in [0, 0.1) is 13.8 Å². The number of rotatable bonds is 6. The molecule has 2 aromatic rings.